The lowest BCUT2D eigenvalue weighted by Gasteiger charge is -2.26. The number of hydrogen-bond donors (Lipinski definition) is 1. The van der Waals surface area contributed by atoms with Crippen molar-refractivity contribution >= 4 is 26.9 Å². The molecule has 2 aliphatic rings. The first-order chi connectivity index (χ1) is 15.4. The maximum absolute atomic E-state index is 13.0. The van der Waals surface area contributed by atoms with Crippen LogP contribution in [0.4, 0.5) is 0 Å². The molecule has 2 aliphatic heterocycles. The average Bonchev–Trinajstić information content (AvgIpc) is 3.41. The minimum atomic E-state index is -3.64. The molecule has 0 radical (unpaired) electrons. The second-order valence-electron chi connectivity index (χ2n) is 7.60. The number of hydrogen-bond acceptors (Lipinski definition) is 7. The highest BCUT2D eigenvalue weighted by molar-refractivity contribution is 7.89. The third-order valence-electron chi connectivity index (χ3n) is 5.61. The molecule has 0 bridgehead atoms. The first-order valence-electron chi connectivity index (χ1n) is 10.2. The second kappa shape index (κ2) is 8.12. The molecule has 3 aromatic rings. The lowest BCUT2D eigenvalue weighted by Crippen LogP contribution is -2.40. The van der Waals surface area contributed by atoms with Crippen molar-refractivity contribution in [1.29, 1.82) is 0 Å². The van der Waals surface area contributed by atoms with Crippen molar-refractivity contribution in [2.75, 3.05) is 33.1 Å². The van der Waals surface area contributed by atoms with Gasteiger partial charge in [0.15, 0.2) is 17.3 Å². The highest BCUT2D eigenvalue weighted by atomic mass is 32.2. The SMILES string of the molecule is Cc1c(C(=O)NCc2ccc3c(c2)OCO3)oc2ccc(S(=O)(=O)N3CCOCC3)cc12. The molecule has 1 saturated heterocycles. The van der Waals surface area contributed by atoms with Crippen molar-refractivity contribution in [3.8, 4) is 11.5 Å². The Morgan fingerprint density at radius 1 is 1.06 bits per heavy atom. The van der Waals surface area contributed by atoms with Gasteiger partial charge in [0.05, 0.1) is 18.1 Å². The van der Waals surface area contributed by atoms with Crippen LogP contribution in [0.2, 0.25) is 0 Å². The van der Waals surface area contributed by atoms with Crippen LogP contribution in [-0.2, 0) is 21.3 Å². The Morgan fingerprint density at radius 2 is 1.84 bits per heavy atom. The summed E-state index contributed by atoms with van der Waals surface area (Å²) >= 11 is 0. The summed E-state index contributed by atoms with van der Waals surface area (Å²) in [4.78, 5) is 12.9. The average molecular weight is 458 g/mol. The van der Waals surface area contributed by atoms with Gasteiger partial charge in [-0.25, -0.2) is 8.42 Å². The smallest absolute Gasteiger partial charge is 0.287 e. The van der Waals surface area contributed by atoms with Crippen molar-refractivity contribution in [3.05, 3.63) is 53.3 Å². The number of nitrogens with zero attached hydrogens (tertiary/aromatic N) is 1. The minimum Gasteiger partial charge on any atom is -0.454 e. The summed E-state index contributed by atoms with van der Waals surface area (Å²) in [6, 6.07) is 10.1. The third kappa shape index (κ3) is 3.70. The number of furan rings is 1. The Balaban J connectivity index is 1.36. The number of carbonyl (C=O) groups is 1. The monoisotopic (exact) mass is 458 g/mol. The predicted octanol–water partition coefficient (Wildman–Crippen LogP) is 2.42. The van der Waals surface area contributed by atoms with Crippen molar-refractivity contribution in [2.45, 2.75) is 18.4 Å². The van der Waals surface area contributed by atoms with Crippen LogP contribution in [0.3, 0.4) is 0 Å². The largest absolute Gasteiger partial charge is 0.454 e. The Bertz CT molecular complexity index is 1290. The third-order valence-corrected chi connectivity index (χ3v) is 7.51. The van der Waals surface area contributed by atoms with Crippen LogP contribution in [0.1, 0.15) is 21.7 Å². The van der Waals surface area contributed by atoms with E-state index in [1.54, 1.807) is 25.1 Å². The number of ether oxygens (including phenoxy) is 3. The summed E-state index contributed by atoms with van der Waals surface area (Å²) in [5.74, 6) is 1.09. The van der Waals surface area contributed by atoms with Crippen molar-refractivity contribution in [1.82, 2.24) is 9.62 Å². The van der Waals surface area contributed by atoms with Gasteiger partial charge in [-0.15, -0.1) is 0 Å². The van der Waals surface area contributed by atoms with Gasteiger partial charge in [0.2, 0.25) is 16.8 Å². The maximum Gasteiger partial charge on any atom is 0.287 e. The highest BCUT2D eigenvalue weighted by Crippen LogP contribution is 2.33. The van der Waals surface area contributed by atoms with Gasteiger partial charge < -0.3 is 23.9 Å². The molecule has 0 aliphatic carbocycles. The molecule has 0 saturated carbocycles. The van der Waals surface area contributed by atoms with E-state index in [9.17, 15) is 13.2 Å². The molecular formula is C22H22N2O7S. The molecule has 2 aromatic carbocycles. The quantitative estimate of drug-likeness (QED) is 0.626. The van der Waals surface area contributed by atoms with Crippen LogP contribution in [0.15, 0.2) is 45.7 Å². The van der Waals surface area contributed by atoms with E-state index in [0.29, 0.717) is 54.3 Å². The fourth-order valence-corrected chi connectivity index (χ4v) is 5.26. The zero-order valence-electron chi connectivity index (χ0n) is 17.4. The van der Waals surface area contributed by atoms with Crippen LogP contribution in [0, 0.1) is 6.92 Å². The molecule has 168 valence electrons. The van der Waals surface area contributed by atoms with Crippen LogP contribution in [-0.4, -0.2) is 51.7 Å². The summed E-state index contributed by atoms with van der Waals surface area (Å²) in [6.07, 6.45) is 0. The number of carbonyl (C=O) groups excluding carboxylic acids is 1. The van der Waals surface area contributed by atoms with Gasteiger partial charge in [0.1, 0.15) is 5.58 Å². The Hall–Kier alpha value is -3.08. The molecule has 32 heavy (non-hydrogen) atoms. The number of fused-ring (bicyclic) bond motifs is 2. The molecule has 1 fully saturated rings. The van der Waals surface area contributed by atoms with Crippen LogP contribution in [0.5, 0.6) is 11.5 Å². The zero-order chi connectivity index (χ0) is 22.3. The Kier molecular flexibility index (Phi) is 5.28. The normalized spacial score (nSPS) is 16.4. The molecule has 1 N–H and O–H groups in total. The molecule has 5 rings (SSSR count). The highest BCUT2D eigenvalue weighted by Gasteiger charge is 2.27. The molecule has 3 heterocycles. The van der Waals surface area contributed by atoms with E-state index in [4.69, 9.17) is 18.6 Å². The molecular weight excluding hydrogens is 436 g/mol. The summed E-state index contributed by atoms with van der Waals surface area (Å²) in [5.41, 5.74) is 1.90. The second-order valence-corrected chi connectivity index (χ2v) is 9.54. The van der Waals surface area contributed by atoms with Gasteiger partial charge in [-0.1, -0.05) is 6.07 Å². The van der Waals surface area contributed by atoms with Gasteiger partial charge in [0.25, 0.3) is 5.91 Å². The van der Waals surface area contributed by atoms with E-state index in [0.717, 1.165) is 5.56 Å². The number of sulfonamides is 1. The zero-order valence-corrected chi connectivity index (χ0v) is 18.2. The molecule has 9 nitrogen and oxygen atoms in total. The van der Waals surface area contributed by atoms with E-state index < -0.39 is 10.0 Å². The van der Waals surface area contributed by atoms with Crippen molar-refractivity contribution < 1.29 is 31.8 Å². The summed E-state index contributed by atoms with van der Waals surface area (Å²) < 4.78 is 49.0. The Labute approximate surface area is 184 Å². The minimum absolute atomic E-state index is 0.154. The van der Waals surface area contributed by atoms with E-state index in [-0.39, 0.29) is 29.9 Å². The van der Waals surface area contributed by atoms with Gasteiger partial charge in [-0.05, 0) is 42.8 Å². The Morgan fingerprint density at radius 3 is 2.66 bits per heavy atom. The molecule has 0 unspecified atom stereocenters. The number of morpholine rings is 1. The van der Waals surface area contributed by atoms with E-state index in [1.807, 2.05) is 12.1 Å². The van der Waals surface area contributed by atoms with Crippen molar-refractivity contribution in [3.63, 3.8) is 0 Å². The first-order valence-corrected chi connectivity index (χ1v) is 11.7. The summed E-state index contributed by atoms with van der Waals surface area (Å²) in [6.45, 7) is 3.60. The molecule has 10 heteroatoms. The van der Waals surface area contributed by atoms with E-state index >= 15 is 0 Å². The standard InChI is InChI=1S/C22H22N2O7S/c1-14-17-11-16(32(26,27)24-6-8-28-9-7-24)3-5-18(17)31-21(14)22(25)23-12-15-2-4-19-20(10-15)30-13-29-19/h2-5,10-11H,6-9,12-13H2,1H3,(H,23,25). The lowest BCUT2D eigenvalue weighted by atomic mass is 10.1. The number of benzene rings is 2. The van der Waals surface area contributed by atoms with Gasteiger partial charge >= 0.3 is 0 Å². The first kappa shape index (κ1) is 20.8. The lowest BCUT2D eigenvalue weighted by molar-refractivity contribution is 0.0730. The molecule has 0 spiro atoms. The summed E-state index contributed by atoms with van der Waals surface area (Å²) in [5, 5.41) is 3.43. The topological polar surface area (TPSA) is 107 Å². The van der Waals surface area contributed by atoms with Gasteiger partial charge in [-0.3, -0.25) is 4.79 Å². The fourth-order valence-electron chi connectivity index (χ4n) is 3.83. The van der Waals surface area contributed by atoms with Crippen LogP contribution in [0.25, 0.3) is 11.0 Å². The summed E-state index contributed by atoms with van der Waals surface area (Å²) in [7, 11) is -3.64. The maximum atomic E-state index is 13.0. The molecule has 1 amide bonds. The van der Waals surface area contributed by atoms with E-state index in [1.165, 1.54) is 10.4 Å². The van der Waals surface area contributed by atoms with Crippen LogP contribution >= 0.6 is 0 Å². The number of amides is 1. The van der Waals surface area contributed by atoms with Crippen LogP contribution < -0.4 is 14.8 Å². The van der Waals surface area contributed by atoms with Gasteiger partial charge in [0, 0.05) is 30.6 Å². The fraction of sp³-hybridized carbons (Fsp3) is 0.318. The van der Waals surface area contributed by atoms with E-state index in [2.05, 4.69) is 5.32 Å². The number of rotatable bonds is 5. The molecule has 1 aromatic heterocycles. The number of nitrogens with one attached hydrogen (secondary N) is 1. The predicted molar refractivity (Wildman–Crippen MR) is 114 cm³/mol. The molecule has 0 atom stereocenters. The van der Waals surface area contributed by atoms with Gasteiger partial charge in [-0.2, -0.15) is 4.31 Å². The number of aryl methyl sites for hydroxylation is 1. The van der Waals surface area contributed by atoms with Crippen molar-refractivity contribution in [2.24, 2.45) is 0 Å².